The van der Waals surface area contributed by atoms with E-state index in [-0.39, 0.29) is 29.8 Å². The van der Waals surface area contributed by atoms with Gasteiger partial charge in [-0.05, 0) is 48.6 Å². The molecular formula is C19H16N2O5. The highest BCUT2D eigenvalue weighted by Crippen LogP contribution is 2.32. The number of amides is 4. The van der Waals surface area contributed by atoms with Crippen LogP contribution in [0.4, 0.5) is 0 Å². The molecule has 0 aromatic heterocycles. The Morgan fingerprint density at radius 1 is 0.923 bits per heavy atom. The Morgan fingerprint density at radius 2 is 1.69 bits per heavy atom. The molecule has 132 valence electrons. The van der Waals surface area contributed by atoms with E-state index in [9.17, 15) is 24.0 Å². The molecule has 1 atom stereocenters. The molecule has 26 heavy (non-hydrogen) atoms. The number of nitrogens with zero attached hydrogens (tertiary/aromatic N) is 1. The fourth-order valence-electron chi connectivity index (χ4n) is 3.69. The third-order valence-corrected chi connectivity index (χ3v) is 5.02. The maximum absolute atomic E-state index is 12.8. The molecule has 0 radical (unpaired) electrons. The Kier molecular flexibility index (Phi) is 3.79. The maximum atomic E-state index is 12.8. The first-order valence-corrected chi connectivity index (χ1v) is 8.55. The number of piperidine rings is 1. The average molecular weight is 352 g/mol. The van der Waals surface area contributed by atoms with Gasteiger partial charge in [-0.1, -0.05) is 6.07 Å². The van der Waals surface area contributed by atoms with Gasteiger partial charge in [0.15, 0.2) is 5.78 Å². The second-order valence-electron chi connectivity index (χ2n) is 6.70. The number of carbonyl (C=O) groups is 5. The lowest BCUT2D eigenvalue weighted by Gasteiger charge is -2.27. The van der Waals surface area contributed by atoms with E-state index in [1.165, 1.54) is 0 Å². The first kappa shape index (κ1) is 16.4. The molecule has 4 amide bonds. The highest BCUT2D eigenvalue weighted by molar-refractivity contribution is 6.23. The Balaban J connectivity index is 1.67. The summed E-state index contributed by atoms with van der Waals surface area (Å²) in [6.45, 7) is 0. The average Bonchev–Trinajstić information content (AvgIpc) is 2.86. The predicted octanol–water partition coefficient (Wildman–Crippen LogP) is 1.22. The minimum atomic E-state index is -0.973. The Morgan fingerprint density at radius 3 is 2.42 bits per heavy atom. The van der Waals surface area contributed by atoms with Crippen LogP contribution in [0.25, 0.3) is 5.57 Å². The summed E-state index contributed by atoms with van der Waals surface area (Å²) in [5.41, 5.74) is 2.06. The Labute approximate surface area is 149 Å². The topological polar surface area (TPSA) is 101 Å². The SMILES string of the molecule is O=C1C=C(c2ccc3c(c2)C(=O)N(C2CCC(=O)NC2=O)C3=O)CCC1. The molecule has 1 N–H and O–H groups in total. The van der Waals surface area contributed by atoms with Crippen LogP contribution in [0.5, 0.6) is 0 Å². The van der Waals surface area contributed by atoms with Crippen molar-refractivity contribution in [3.63, 3.8) is 0 Å². The third-order valence-electron chi connectivity index (χ3n) is 5.02. The van der Waals surface area contributed by atoms with Gasteiger partial charge in [0.2, 0.25) is 11.8 Å². The van der Waals surface area contributed by atoms with Gasteiger partial charge < -0.3 is 0 Å². The van der Waals surface area contributed by atoms with Crippen molar-refractivity contribution in [3.8, 4) is 0 Å². The molecule has 1 aromatic carbocycles. The van der Waals surface area contributed by atoms with Gasteiger partial charge in [-0.2, -0.15) is 0 Å². The van der Waals surface area contributed by atoms with E-state index in [0.717, 1.165) is 28.9 Å². The normalized spacial score (nSPS) is 23.1. The summed E-state index contributed by atoms with van der Waals surface area (Å²) in [5.74, 6) is -2.04. The van der Waals surface area contributed by atoms with Gasteiger partial charge in [0.1, 0.15) is 6.04 Å². The van der Waals surface area contributed by atoms with E-state index in [0.29, 0.717) is 6.42 Å². The molecule has 1 unspecified atom stereocenters. The first-order valence-electron chi connectivity index (χ1n) is 8.55. The van der Waals surface area contributed by atoms with Gasteiger partial charge in [0.05, 0.1) is 11.1 Å². The van der Waals surface area contributed by atoms with E-state index in [2.05, 4.69) is 5.32 Å². The van der Waals surface area contributed by atoms with Crippen LogP contribution in [0.2, 0.25) is 0 Å². The second-order valence-corrected chi connectivity index (χ2v) is 6.70. The lowest BCUT2D eigenvalue weighted by Crippen LogP contribution is -2.54. The second kappa shape index (κ2) is 6.01. The van der Waals surface area contributed by atoms with Crippen LogP contribution < -0.4 is 5.32 Å². The quantitative estimate of drug-likeness (QED) is 0.807. The highest BCUT2D eigenvalue weighted by Gasteiger charge is 2.44. The molecule has 0 spiro atoms. The molecule has 2 heterocycles. The molecule has 1 aromatic rings. The molecule has 0 saturated carbocycles. The van der Waals surface area contributed by atoms with E-state index in [1.807, 2.05) is 0 Å². The largest absolute Gasteiger partial charge is 0.295 e. The van der Waals surface area contributed by atoms with E-state index >= 15 is 0 Å². The summed E-state index contributed by atoms with van der Waals surface area (Å²) in [4.78, 5) is 61.4. The van der Waals surface area contributed by atoms with Crippen LogP contribution in [0, 0.1) is 0 Å². The number of fused-ring (bicyclic) bond motifs is 1. The molecular weight excluding hydrogens is 336 g/mol. The van der Waals surface area contributed by atoms with Crippen molar-refractivity contribution >= 4 is 35.0 Å². The van der Waals surface area contributed by atoms with Crippen LogP contribution in [0.1, 0.15) is 58.4 Å². The first-order chi connectivity index (χ1) is 12.5. The number of nitrogens with one attached hydrogen (secondary N) is 1. The molecule has 2 aliphatic heterocycles. The van der Waals surface area contributed by atoms with Crippen LogP contribution >= 0.6 is 0 Å². The third kappa shape index (κ3) is 2.56. The summed E-state index contributed by atoms with van der Waals surface area (Å²) < 4.78 is 0. The standard InChI is InChI=1S/C19H16N2O5/c22-12-3-1-2-10(8-12)11-4-5-13-14(9-11)19(26)21(18(13)25)15-6-7-16(23)20-17(15)24/h4-5,8-9,15H,1-3,6-7H2,(H,20,23,24). The minimum absolute atomic E-state index is 0.0549. The van der Waals surface area contributed by atoms with E-state index in [1.54, 1.807) is 24.3 Å². The van der Waals surface area contributed by atoms with Crippen molar-refractivity contribution in [2.75, 3.05) is 0 Å². The van der Waals surface area contributed by atoms with Crippen LogP contribution in [0.3, 0.4) is 0 Å². The molecule has 7 heteroatoms. The van der Waals surface area contributed by atoms with Gasteiger partial charge in [0.25, 0.3) is 11.8 Å². The molecule has 1 fully saturated rings. The van der Waals surface area contributed by atoms with Crippen LogP contribution in [-0.4, -0.2) is 40.4 Å². The van der Waals surface area contributed by atoms with Crippen LogP contribution in [0.15, 0.2) is 24.3 Å². The fourth-order valence-corrected chi connectivity index (χ4v) is 3.69. The van der Waals surface area contributed by atoms with Gasteiger partial charge in [-0.25, -0.2) is 0 Å². The molecule has 1 aliphatic carbocycles. The van der Waals surface area contributed by atoms with Crippen molar-refractivity contribution in [3.05, 3.63) is 41.0 Å². The number of ketones is 1. The lowest BCUT2D eigenvalue weighted by molar-refractivity contribution is -0.136. The smallest absolute Gasteiger partial charge is 0.262 e. The number of hydrogen-bond acceptors (Lipinski definition) is 5. The van der Waals surface area contributed by atoms with Gasteiger partial charge in [-0.3, -0.25) is 34.2 Å². The number of carbonyl (C=O) groups excluding carboxylic acids is 5. The zero-order valence-electron chi connectivity index (χ0n) is 13.9. The summed E-state index contributed by atoms with van der Waals surface area (Å²) in [6, 6.07) is 3.93. The van der Waals surface area contributed by atoms with Crippen molar-refractivity contribution < 1.29 is 24.0 Å². The van der Waals surface area contributed by atoms with Crippen molar-refractivity contribution in [1.82, 2.24) is 10.2 Å². The van der Waals surface area contributed by atoms with Crippen LogP contribution in [-0.2, 0) is 14.4 Å². The molecule has 0 bridgehead atoms. The number of hydrogen-bond donors (Lipinski definition) is 1. The number of benzene rings is 1. The molecule has 1 saturated heterocycles. The molecule has 4 rings (SSSR count). The predicted molar refractivity (Wildman–Crippen MR) is 89.9 cm³/mol. The van der Waals surface area contributed by atoms with E-state index < -0.39 is 29.7 Å². The summed E-state index contributed by atoms with van der Waals surface area (Å²) in [6.07, 6.45) is 3.83. The van der Waals surface area contributed by atoms with Gasteiger partial charge in [-0.15, -0.1) is 0 Å². The Bertz CT molecular complexity index is 915. The number of imide groups is 2. The lowest BCUT2D eigenvalue weighted by atomic mass is 9.91. The number of rotatable bonds is 2. The monoisotopic (exact) mass is 352 g/mol. The zero-order chi connectivity index (χ0) is 18.4. The van der Waals surface area contributed by atoms with Crippen molar-refractivity contribution in [2.45, 2.75) is 38.1 Å². The summed E-state index contributed by atoms with van der Waals surface area (Å²) in [5, 5.41) is 2.17. The summed E-state index contributed by atoms with van der Waals surface area (Å²) in [7, 11) is 0. The van der Waals surface area contributed by atoms with Gasteiger partial charge >= 0.3 is 0 Å². The highest BCUT2D eigenvalue weighted by atomic mass is 16.2. The molecule has 7 nitrogen and oxygen atoms in total. The number of allylic oxidation sites excluding steroid dienone is 2. The maximum Gasteiger partial charge on any atom is 0.262 e. The van der Waals surface area contributed by atoms with Gasteiger partial charge in [0, 0.05) is 12.8 Å². The van der Waals surface area contributed by atoms with E-state index in [4.69, 9.17) is 0 Å². The fraction of sp³-hybridized carbons (Fsp3) is 0.316. The molecule has 3 aliphatic rings. The zero-order valence-corrected chi connectivity index (χ0v) is 13.9. The minimum Gasteiger partial charge on any atom is -0.295 e. The van der Waals surface area contributed by atoms with Crippen molar-refractivity contribution in [2.24, 2.45) is 0 Å². The Hall–Kier alpha value is -3.09. The van der Waals surface area contributed by atoms with Crippen molar-refractivity contribution in [1.29, 1.82) is 0 Å². The summed E-state index contributed by atoms with van der Waals surface area (Å²) >= 11 is 0.